The van der Waals surface area contributed by atoms with Crippen molar-refractivity contribution in [1.29, 1.82) is 0 Å². The fourth-order valence-corrected chi connectivity index (χ4v) is 4.61. The lowest BCUT2D eigenvalue weighted by Gasteiger charge is -2.16. The Balaban J connectivity index is 1.86. The second-order valence-electron chi connectivity index (χ2n) is 7.09. The number of hydrogen-bond donors (Lipinski definition) is 0. The number of halogens is 2. The first-order valence-corrected chi connectivity index (χ1v) is 12.1. The first-order valence-electron chi connectivity index (χ1n) is 10.3. The number of aromatic nitrogens is 2. The predicted molar refractivity (Wildman–Crippen MR) is 135 cm³/mol. The van der Waals surface area contributed by atoms with Crippen LogP contribution in [-0.4, -0.2) is 22.8 Å². The van der Waals surface area contributed by atoms with Crippen molar-refractivity contribution in [2.24, 2.45) is 0 Å². The molecule has 3 aromatic carbocycles. The molecular weight excluding hydrogens is 475 g/mol. The molecule has 0 amide bonds. The Morgan fingerprint density at radius 1 is 0.879 bits per heavy atom. The van der Waals surface area contributed by atoms with Gasteiger partial charge in [-0.2, -0.15) is 0 Å². The highest BCUT2D eigenvalue weighted by atomic mass is 35.5. The second kappa shape index (κ2) is 10.8. The van der Waals surface area contributed by atoms with Gasteiger partial charge in [-0.3, -0.25) is 0 Å². The first kappa shape index (κ1) is 23.3. The molecule has 0 N–H and O–H groups in total. The Kier molecular flexibility index (Phi) is 7.65. The van der Waals surface area contributed by atoms with Gasteiger partial charge < -0.3 is 4.74 Å². The summed E-state index contributed by atoms with van der Waals surface area (Å²) in [7, 11) is 0. The van der Waals surface area contributed by atoms with Crippen molar-refractivity contribution < 1.29 is 9.53 Å². The summed E-state index contributed by atoms with van der Waals surface area (Å²) in [6, 6.07) is 24.9. The Morgan fingerprint density at radius 2 is 1.55 bits per heavy atom. The Hall–Kier alpha value is -2.86. The predicted octanol–water partition coefficient (Wildman–Crippen LogP) is 7.59. The highest BCUT2D eigenvalue weighted by Crippen LogP contribution is 2.38. The molecule has 4 nitrogen and oxygen atoms in total. The lowest BCUT2D eigenvalue weighted by Crippen LogP contribution is -2.12. The van der Waals surface area contributed by atoms with Gasteiger partial charge in [-0.05, 0) is 30.2 Å². The topological polar surface area (TPSA) is 52.1 Å². The highest BCUT2D eigenvalue weighted by Gasteiger charge is 2.25. The number of esters is 1. The van der Waals surface area contributed by atoms with Crippen LogP contribution >= 0.6 is 35.0 Å². The lowest BCUT2D eigenvalue weighted by atomic mass is 9.96. The highest BCUT2D eigenvalue weighted by molar-refractivity contribution is 7.98. The first-order chi connectivity index (χ1) is 16.1. The van der Waals surface area contributed by atoms with Gasteiger partial charge in [-0.15, -0.1) is 10.2 Å². The standard InChI is InChI=1S/C26H20Cl2N2O2S/c1-2-32-26(31)23-22(18-9-5-3-6-10-18)24(19-11-7-4-8-12-19)29-30-25(23)33-16-17-13-14-20(27)21(28)15-17/h3-15H,2,16H2,1H3. The average Bonchev–Trinajstić information content (AvgIpc) is 2.85. The molecule has 7 heteroatoms. The minimum atomic E-state index is -0.430. The van der Waals surface area contributed by atoms with Gasteiger partial charge in [0.2, 0.25) is 0 Å². The molecule has 0 atom stereocenters. The number of carbonyl (C=O) groups is 1. The van der Waals surface area contributed by atoms with Crippen molar-refractivity contribution in [3.63, 3.8) is 0 Å². The smallest absolute Gasteiger partial charge is 0.341 e. The van der Waals surface area contributed by atoms with Crippen LogP contribution in [0, 0.1) is 0 Å². The molecule has 1 heterocycles. The van der Waals surface area contributed by atoms with Gasteiger partial charge in [0.05, 0.1) is 16.7 Å². The summed E-state index contributed by atoms with van der Waals surface area (Å²) >= 11 is 13.6. The van der Waals surface area contributed by atoms with Gasteiger partial charge in [0.25, 0.3) is 0 Å². The normalized spacial score (nSPS) is 10.8. The Bertz CT molecular complexity index is 1270. The molecule has 4 rings (SSSR count). The number of rotatable bonds is 7. The van der Waals surface area contributed by atoms with E-state index in [0.717, 1.165) is 16.7 Å². The third-order valence-corrected chi connectivity index (χ3v) is 6.67. The van der Waals surface area contributed by atoms with Crippen LogP contribution in [0.3, 0.4) is 0 Å². The Morgan fingerprint density at radius 3 is 2.18 bits per heavy atom. The maximum absolute atomic E-state index is 13.2. The Labute approximate surface area is 206 Å². The summed E-state index contributed by atoms with van der Waals surface area (Å²) < 4.78 is 5.45. The van der Waals surface area contributed by atoms with E-state index in [1.165, 1.54) is 11.8 Å². The molecule has 33 heavy (non-hydrogen) atoms. The van der Waals surface area contributed by atoms with E-state index >= 15 is 0 Å². The van der Waals surface area contributed by atoms with E-state index < -0.39 is 5.97 Å². The molecule has 0 radical (unpaired) electrons. The maximum Gasteiger partial charge on any atom is 0.341 e. The molecule has 4 aromatic rings. The molecule has 0 aliphatic heterocycles. The number of thioether (sulfide) groups is 1. The van der Waals surface area contributed by atoms with Crippen LogP contribution in [0.15, 0.2) is 83.9 Å². The molecule has 0 fully saturated rings. The molecule has 0 unspecified atom stereocenters. The summed E-state index contributed by atoms with van der Waals surface area (Å²) in [5.74, 6) is 0.108. The van der Waals surface area contributed by atoms with Crippen molar-refractivity contribution >= 4 is 40.9 Å². The van der Waals surface area contributed by atoms with Crippen molar-refractivity contribution in [2.75, 3.05) is 6.61 Å². The zero-order chi connectivity index (χ0) is 23.2. The molecule has 0 saturated heterocycles. The van der Waals surface area contributed by atoms with E-state index in [4.69, 9.17) is 27.9 Å². The van der Waals surface area contributed by atoms with E-state index in [1.807, 2.05) is 72.8 Å². The minimum absolute atomic E-state index is 0.257. The van der Waals surface area contributed by atoms with Gasteiger partial charge in [0.1, 0.15) is 16.3 Å². The van der Waals surface area contributed by atoms with Crippen LogP contribution in [0.2, 0.25) is 10.0 Å². The number of nitrogens with zero attached hydrogens (tertiary/aromatic N) is 2. The van der Waals surface area contributed by atoms with Gasteiger partial charge in [0, 0.05) is 16.9 Å². The molecule has 0 saturated carbocycles. The van der Waals surface area contributed by atoms with E-state index in [-0.39, 0.29) is 6.61 Å². The van der Waals surface area contributed by atoms with Crippen LogP contribution in [0.5, 0.6) is 0 Å². The van der Waals surface area contributed by atoms with Crippen molar-refractivity contribution in [1.82, 2.24) is 10.2 Å². The maximum atomic E-state index is 13.2. The summed E-state index contributed by atoms with van der Waals surface area (Å²) in [6.07, 6.45) is 0. The summed E-state index contributed by atoms with van der Waals surface area (Å²) in [6.45, 7) is 2.04. The quantitative estimate of drug-likeness (QED) is 0.195. The third-order valence-electron chi connectivity index (χ3n) is 4.89. The largest absolute Gasteiger partial charge is 0.462 e. The van der Waals surface area contributed by atoms with Gasteiger partial charge in [-0.1, -0.05) is 102 Å². The van der Waals surface area contributed by atoms with Gasteiger partial charge in [-0.25, -0.2) is 4.79 Å². The lowest BCUT2D eigenvalue weighted by molar-refractivity contribution is 0.0522. The van der Waals surface area contributed by atoms with Crippen LogP contribution < -0.4 is 0 Å². The monoisotopic (exact) mass is 494 g/mol. The molecule has 0 bridgehead atoms. The number of ether oxygens (including phenoxy) is 1. The van der Waals surface area contributed by atoms with E-state index in [9.17, 15) is 4.79 Å². The average molecular weight is 495 g/mol. The molecule has 0 spiro atoms. The molecule has 1 aromatic heterocycles. The molecular formula is C26H20Cl2N2O2S. The summed E-state index contributed by atoms with van der Waals surface area (Å²) in [4.78, 5) is 13.2. The van der Waals surface area contributed by atoms with E-state index in [0.29, 0.717) is 37.6 Å². The number of benzene rings is 3. The van der Waals surface area contributed by atoms with Gasteiger partial charge >= 0.3 is 5.97 Å². The fourth-order valence-electron chi connectivity index (χ4n) is 3.38. The van der Waals surface area contributed by atoms with E-state index in [2.05, 4.69) is 10.2 Å². The summed E-state index contributed by atoms with van der Waals surface area (Å²) in [5.41, 5.74) is 4.43. The fraction of sp³-hybridized carbons (Fsp3) is 0.115. The van der Waals surface area contributed by atoms with Crippen molar-refractivity contribution in [3.8, 4) is 22.4 Å². The zero-order valence-electron chi connectivity index (χ0n) is 17.8. The third kappa shape index (κ3) is 5.38. The SMILES string of the molecule is CCOC(=O)c1c(SCc2ccc(Cl)c(Cl)c2)nnc(-c2ccccc2)c1-c1ccccc1. The molecule has 0 aliphatic rings. The minimum Gasteiger partial charge on any atom is -0.462 e. The van der Waals surface area contributed by atoms with Crippen LogP contribution in [0.4, 0.5) is 0 Å². The van der Waals surface area contributed by atoms with E-state index in [1.54, 1.807) is 13.0 Å². The van der Waals surface area contributed by atoms with Crippen LogP contribution in [0.1, 0.15) is 22.8 Å². The second-order valence-corrected chi connectivity index (χ2v) is 8.87. The van der Waals surface area contributed by atoms with Gasteiger partial charge in [0.15, 0.2) is 0 Å². The zero-order valence-corrected chi connectivity index (χ0v) is 20.1. The number of carbonyl (C=O) groups excluding carboxylic acids is 1. The number of hydrogen-bond acceptors (Lipinski definition) is 5. The van der Waals surface area contributed by atoms with Crippen LogP contribution in [-0.2, 0) is 10.5 Å². The van der Waals surface area contributed by atoms with Crippen molar-refractivity contribution in [2.45, 2.75) is 17.7 Å². The van der Waals surface area contributed by atoms with Crippen molar-refractivity contribution in [3.05, 3.63) is 100 Å². The molecule has 0 aliphatic carbocycles. The summed E-state index contributed by atoms with van der Waals surface area (Å²) in [5, 5.41) is 10.5. The van der Waals surface area contributed by atoms with Crippen LogP contribution in [0.25, 0.3) is 22.4 Å². The molecule has 166 valence electrons.